The van der Waals surface area contributed by atoms with Gasteiger partial charge >= 0.3 is 0 Å². The molecule has 1 aliphatic carbocycles. The summed E-state index contributed by atoms with van der Waals surface area (Å²) in [7, 11) is 3.35. The molecule has 4 rings (SSSR count). The van der Waals surface area contributed by atoms with Gasteiger partial charge in [-0.05, 0) is 42.5 Å². The van der Waals surface area contributed by atoms with E-state index < -0.39 is 11.9 Å². The van der Waals surface area contributed by atoms with Gasteiger partial charge in [0.05, 0.1) is 0 Å². The zero-order valence-corrected chi connectivity index (χ0v) is 20.0. The Kier molecular flexibility index (Phi) is 7.64. The van der Waals surface area contributed by atoms with Crippen LogP contribution in [0.15, 0.2) is 53.2 Å². The smallest absolute Gasteiger partial charge is 0.287 e. The Morgan fingerprint density at radius 3 is 2.63 bits per heavy atom. The first kappa shape index (κ1) is 24.3. The Hall–Kier alpha value is -3.88. The first-order valence-corrected chi connectivity index (χ1v) is 11.9. The predicted octanol–water partition coefficient (Wildman–Crippen LogP) is 3.03. The topological polar surface area (TPSA) is 118 Å². The van der Waals surface area contributed by atoms with E-state index in [9.17, 15) is 14.4 Å². The second-order valence-electron chi connectivity index (χ2n) is 8.87. The fraction of sp³-hybridized carbons (Fsp3) is 0.385. The number of amides is 3. The maximum atomic E-state index is 12.9. The summed E-state index contributed by atoms with van der Waals surface area (Å²) in [6.45, 7) is 0.322. The molecule has 0 bridgehead atoms. The molecule has 1 saturated carbocycles. The third kappa shape index (κ3) is 5.79. The molecule has 1 fully saturated rings. The van der Waals surface area contributed by atoms with Gasteiger partial charge < -0.3 is 24.9 Å². The van der Waals surface area contributed by atoms with Crippen molar-refractivity contribution in [3.8, 4) is 11.3 Å². The van der Waals surface area contributed by atoms with Gasteiger partial charge in [-0.1, -0.05) is 37.5 Å². The van der Waals surface area contributed by atoms with Crippen LogP contribution < -0.4 is 16.0 Å². The molecule has 1 aromatic carbocycles. The molecule has 3 aromatic rings. The second kappa shape index (κ2) is 11.0. The highest BCUT2D eigenvalue weighted by Crippen LogP contribution is 2.27. The summed E-state index contributed by atoms with van der Waals surface area (Å²) in [6, 6.07) is 10.3. The number of rotatable bonds is 8. The van der Waals surface area contributed by atoms with Crippen LogP contribution >= 0.6 is 0 Å². The highest BCUT2D eigenvalue weighted by atomic mass is 16.4. The maximum absolute atomic E-state index is 12.9. The average molecular weight is 478 g/mol. The number of likely N-dealkylation sites (N-methyl/N-ethyl adjacent to an activating group) is 1. The van der Waals surface area contributed by atoms with Gasteiger partial charge in [-0.3, -0.25) is 14.4 Å². The van der Waals surface area contributed by atoms with E-state index in [1.54, 1.807) is 43.2 Å². The van der Waals surface area contributed by atoms with Crippen LogP contribution in [0.1, 0.15) is 58.8 Å². The first-order valence-electron chi connectivity index (χ1n) is 11.9. The van der Waals surface area contributed by atoms with Gasteiger partial charge in [-0.25, -0.2) is 4.98 Å². The summed E-state index contributed by atoms with van der Waals surface area (Å²) >= 11 is 0. The second-order valence-corrected chi connectivity index (χ2v) is 8.87. The molecule has 3 amide bonds. The van der Waals surface area contributed by atoms with Gasteiger partial charge in [0.2, 0.25) is 5.91 Å². The van der Waals surface area contributed by atoms with Crippen molar-refractivity contribution in [3.05, 3.63) is 65.9 Å². The third-order valence-corrected chi connectivity index (χ3v) is 6.46. The van der Waals surface area contributed by atoms with E-state index >= 15 is 0 Å². The third-order valence-electron chi connectivity index (χ3n) is 6.46. The zero-order valence-electron chi connectivity index (χ0n) is 20.0. The predicted molar refractivity (Wildman–Crippen MR) is 130 cm³/mol. The van der Waals surface area contributed by atoms with Crippen LogP contribution in [0.25, 0.3) is 11.3 Å². The van der Waals surface area contributed by atoms with Crippen molar-refractivity contribution in [1.82, 2.24) is 25.5 Å². The Balaban J connectivity index is 1.42. The highest BCUT2D eigenvalue weighted by molar-refractivity contribution is 5.96. The van der Waals surface area contributed by atoms with Crippen molar-refractivity contribution < 1.29 is 18.8 Å². The van der Waals surface area contributed by atoms with Gasteiger partial charge in [0.15, 0.2) is 11.6 Å². The number of nitrogens with zero attached hydrogens (tertiary/aromatic N) is 2. The van der Waals surface area contributed by atoms with E-state index in [1.807, 2.05) is 24.3 Å². The summed E-state index contributed by atoms with van der Waals surface area (Å²) in [4.78, 5) is 41.7. The van der Waals surface area contributed by atoms with Crippen LogP contribution in [0.4, 0.5) is 0 Å². The number of hydrogen-bond donors (Lipinski definition) is 3. The fourth-order valence-electron chi connectivity index (χ4n) is 4.53. The van der Waals surface area contributed by atoms with Crippen LogP contribution in [0, 0.1) is 5.92 Å². The number of aryl methyl sites for hydroxylation is 1. The van der Waals surface area contributed by atoms with E-state index in [4.69, 9.17) is 4.42 Å². The zero-order chi connectivity index (χ0) is 24.8. The molecule has 0 saturated heterocycles. The number of carbonyl (C=O) groups is 3. The molecular weight excluding hydrogens is 446 g/mol. The van der Waals surface area contributed by atoms with Crippen molar-refractivity contribution in [2.75, 3.05) is 7.05 Å². The van der Waals surface area contributed by atoms with E-state index in [0.29, 0.717) is 18.1 Å². The van der Waals surface area contributed by atoms with Crippen molar-refractivity contribution in [3.63, 3.8) is 0 Å². The molecule has 3 N–H and O–H groups in total. The number of nitrogens with one attached hydrogen (secondary N) is 3. The minimum absolute atomic E-state index is 0.125. The number of hydrogen-bond acceptors (Lipinski definition) is 5. The Morgan fingerprint density at radius 1 is 1.11 bits per heavy atom. The highest BCUT2D eigenvalue weighted by Gasteiger charge is 2.31. The van der Waals surface area contributed by atoms with Gasteiger partial charge in [-0.2, -0.15) is 0 Å². The molecule has 9 heteroatoms. The molecule has 0 aliphatic heterocycles. The number of aromatic nitrogens is 2. The lowest BCUT2D eigenvalue weighted by Crippen LogP contribution is -2.50. The number of imidazole rings is 1. The minimum Gasteiger partial charge on any atom is -0.451 e. The van der Waals surface area contributed by atoms with Crippen LogP contribution in [0.2, 0.25) is 0 Å². The number of carbonyl (C=O) groups excluding carboxylic acids is 3. The lowest BCUT2D eigenvalue weighted by molar-refractivity contribution is -0.124. The summed E-state index contributed by atoms with van der Waals surface area (Å²) in [5.41, 5.74) is 1.66. The average Bonchev–Trinajstić information content (AvgIpc) is 3.55. The molecule has 35 heavy (non-hydrogen) atoms. The first-order chi connectivity index (χ1) is 17.0. The lowest BCUT2D eigenvalue weighted by Gasteiger charge is -2.29. The normalized spacial score (nSPS) is 14.8. The molecular formula is C26H31N5O4. The maximum Gasteiger partial charge on any atom is 0.287 e. The van der Waals surface area contributed by atoms with Crippen molar-refractivity contribution in [1.29, 1.82) is 0 Å². The van der Waals surface area contributed by atoms with Crippen molar-refractivity contribution >= 4 is 17.7 Å². The lowest BCUT2D eigenvalue weighted by atomic mass is 9.83. The number of furan rings is 1. The van der Waals surface area contributed by atoms with E-state index in [-0.39, 0.29) is 23.5 Å². The molecule has 1 atom stereocenters. The van der Waals surface area contributed by atoms with E-state index in [0.717, 1.165) is 43.2 Å². The van der Waals surface area contributed by atoms with Gasteiger partial charge in [0.1, 0.15) is 11.8 Å². The molecule has 0 spiro atoms. The van der Waals surface area contributed by atoms with E-state index in [1.165, 1.54) is 0 Å². The molecule has 2 heterocycles. The Labute approximate surface area is 204 Å². The van der Waals surface area contributed by atoms with E-state index in [2.05, 4.69) is 20.9 Å². The van der Waals surface area contributed by atoms with Crippen LogP contribution in [0.3, 0.4) is 0 Å². The summed E-state index contributed by atoms with van der Waals surface area (Å²) in [5, 5.41) is 8.41. The Bertz CT molecular complexity index is 1190. The van der Waals surface area contributed by atoms with Gasteiger partial charge in [-0.15, -0.1) is 0 Å². The summed E-state index contributed by atoms with van der Waals surface area (Å²) in [5.74, 6) is 0.292. The SMILES string of the molecule is CNC(=O)[C@H](NC(=O)c1ccc(-c2cccc(CNC(=O)c3nccn3C)c2)o1)C1CCCCC1. The summed E-state index contributed by atoms with van der Waals surface area (Å²) in [6.07, 6.45) is 8.43. The molecule has 1 aliphatic rings. The van der Waals surface area contributed by atoms with Gasteiger partial charge in [0.25, 0.3) is 11.8 Å². The van der Waals surface area contributed by atoms with Crippen molar-refractivity contribution in [2.24, 2.45) is 13.0 Å². The van der Waals surface area contributed by atoms with Crippen LogP contribution in [-0.2, 0) is 18.4 Å². The quantitative estimate of drug-likeness (QED) is 0.461. The largest absolute Gasteiger partial charge is 0.451 e. The Morgan fingerprint density at radius 2 is 1.91 bits per heavy atom. The van der Waals surface area contributed by atoms with Crippen LogP contribution in [-0.4, -0.2) is 40.4 Å². The monoisotopic (exact) mass is 477 g/mol. The molecule has 0 unspecified atom stereocenters. The summed E-state index contributed by atoms with van der Waals surface area (Å²) < 4.78 is 7.50. The van der Waals surface area contributed by atoms with Gasteiger partial charge in [0, 0.05) is 38.6 Å². The van der Waals surface area contributed by atoms with Crippen molar-refractivity contribution in [2.45, 2.75) is 44.7 Å². The molecule has 0 radical (unpaired) electrons. The molecule has 184 valence electrons. The molecule has 2 aromatic heterocycles. The standard InChI is InChI=1S/C26H31N5O4/c1-27-25(33)22(18-8-4-3-5-9-18)30-24(32)21-12-11-20(35-21)19-10-6-7-17(15-19)16-29-26(34)23-28-13-14-31(23)2/h6-7,10-15,18,22H,3-5,8-9,16H2,1-2H3,(H,27,33)(H,29,34)(H,30,32)/t22-/m1/s1. The molecule has 9 nitrogen and oxygen atoms in total. The minimum atomic E-state index is -0.577. The van der Waals surface area contributed by atoms with Crippen LogP contribution in [0.5, 0.6) is 0 Å². The number of benzene rings is 1. The fourth-order valence-corrected chi connectivity index (χ4v) is 4.53.